The number of carboxylic acid groups (broad SMARTS) is 1. The normalized spacial score (nSPS) is 14.6. The van der Waals surface area contributed by atoms with E-state index in [-0.39, 0.29) is 38.3 Å². The number of aliphatic carboxylic acids is 1. The number of hydrogen-bond acceptors (Lipinski definition) is 5. The molecule has 1 aliphatic heterocycles. The molecule has 0 aromatic heterocycles. The average Bonchev–Trinajstić information content (AvgIpc) is 3.15. The molecule has 9 heteroatoms. The summed E-state index contributed by atoms with van der Waals surface area (Å²) in [6.07, 6.45) is -0.195. The number of aliphatic imine (C=N–C) groups is 1. The Kier molecular flexibility index (Phi) is 6.76. The van der Waals surface area contributed by atoms with Gasteiger partial charge in [-0.15, -0.1) is 0 Å². The van der Waals surface area contributed by atoms with E-state index in [0.717, 1.165) is 0 Å². The molecule has 1 N–H and O–H groups in total. The maximum atomic E-state index is 13.0. The molecule has 2 aromatic carbocycles. The molecule has 154 valence electrons. The molecule has 8 nitrogen and oxygen atoms in total. The van der Waals surface area contributed by atoms with E-state index >= 15 is 0 Å². The standard InChI is InChI=1S/C21H18N2O6Se/c1-13(24)29-17-8-3-2-7-16(17)20(28)23-9-10-30-21(23)22-19(27)15-6-4-5-14(11-15)12-18(25)26/h2-8,11H,9-10,12H2,1H3,(H,25,26). The third-order valence-electron chi connectivity index (χ3n) is 4.12. The summed E-state index contributed by atoms with van der Waals surface area (Å²) in [4.78, 5) is 53.4. The van der Waals surface area contributed by atoms with Crippen molar-refractivity contribution >= 4 is 43.4 Å². The van der Waals surface area contributed by atoms with Crippen LogP contribution in [0.1, 0.15) is 33.2 Å². The fourth-order valence-electron chi connectivity index (χ4n) is 2.86. The van der Waals surface area contributed by atoms with Gasteiger partial charge in [0.05, 0.1) is 0 Å². The van der Waals surface area contributed by atoms with Crippen molar-refractivity contribution in [2.45, 2.75) is 18.7 Å². The van der Waals surface area contributed by atoms with Crippen LogP contribution < -0.4 is 4.74 Å². The van der Waals surface area contributed by atoms with E-state index in [1.54, 1.807) is 36.4 Å². The summed E-state index contributed by atoms with van der Waals surface area (Å²) >= 11 is -0.166. The van der Waals surface area contributed by atoms with E-state index < -0.39 is 23.8 Å². The summed E-state index contributed by atoms with van der Waals surface area (Å²) in [7, 11) is 0. The van der Waals surface area contributed by atoms with Crippen molar-refractivity contribution in [3.05, 3.63) is 65.2 Å². The molecule has 0 saturated carbocycles. The van der Waals surface area contributed by atoms with E-state index in [2.05, 4.69) is 4.99 Å². The van der Waals surface area contributed by atoms with Gasteiger partial charge in [-0.05, 0) is 0 Å². The molecule has 0 bridgehead atoms. The van der Waals surface area contributed by atoms with Gasteiger partial charge in [-0.1, -0.05) is 0 Å². The monoisotopic (exact) mass is 474 g/mol. The van der Waals surface area contributed by atoms with E-state index in [4.69, 9.17) is 9.84 Å². The number of amidine groups is 1. The Morgan fingerprint density at radius 1 is 1.13 bits per heavy atom. The van der Waals surface area contributed by atoms with Crippen LogP contribution in [0.4, 0.5) is 0 Å². The quantitative estimate of drug-likeness (QED) is 0.404. The van der Waals surface area contributed by atoms with Crippen LogP contribution in [-0.4, -0.2) is 60.0 Å². The first-order valence-corrected chi connectivity index (χ1v) is 11.1. The van der Waals surface area contributed by atoms with Crippen molar-refractivity contribution in [1.29, 1.82) is 0 Å². The molecular formula is C21H18N2O6Se. The van der Waals surface area contributed by atoms with E-state index in [1.807, 2.05) is 0 Å². The van der Waals surface area contributed by atoms with Crippen LogP contribution in [0, 0.1) is 0 Å². The van der Waals surface area contributed by atoms with Crippen molar-refractivity contribution < 1.29 is 29.0 Å². The molecule has 0 unspecified atom stereocenters. The number of rotatable bonds is 5. The van der Waals surface area contributed by atoms with Crippen molar-refractivity contribution in [3.63, 3.8) is 0 Å². The fraction of sp³-hybridized carbons (Fsp3) is 0.190. The number of nitrogens with zero attached hydrogens (tertiary/aromatic N) is 2. The van der Waals surface area contributed by atoms with Gasteiger partial charge in [-0.3, -0.25) is 0 Å². The van der Waals surface area contributed by atoms with Gasteiger partial charge in [0.25, 0.3) is 0 Å². The number of carbonyl (C=O) groups excluding carboxylic acids is 3. The van der Waals surface area contributed by atoms with Crippen LogP contribution in [0.2, 0.25) is 5.32 Å². The molecule has 1 aliphatic rings. The molecule has 2 amide bonds. The summed E-state index contributed by atoms with van der Waals surface area (Å²) in [5.41, 5.74) is 0.972. The molecule has 0 atom stereocenters. The van der Waals surface area contributed by atoms with E-state index in [0.29, 0.717) is 22.2 Å². The number of esters is 1. The Labute approximate surface area is 178 Å². The molecule has 3 rings (SSSR count). The zero-order valence-corrected chi connectivity index (χ0v) is 17.7. The van der Waals surface area contributed by atoms with Crippen molar-refractivity contribution in [1.82, 2.24) is 4.90 Å². The fourth-order valence-corrected chi connectivity index (χ4v) is 4.82. The van der Waals surface area contributed by atoms with Gasteiger partial charge in [0.15, 0.2) is 0 Å². The summed E-state index contributed by atoms with van der Waals surface area (Å²) in [5, 5.41) is 9.63. The predicted molar refractivity (Wildman–Crippen MR) is 109 cm³/mol. The summed E-state index contributed by atoms with van der Waals surface area (Å²) in [6, 6.07) is 12.7. The van der Waals surface area contributed by atoms with Crippen LogP contribution in [0.3, 0.4) is 0 Å². The Bertz CT molecular complexity index is 1050. The van der Waals surface area contributed by atoms with Gasteiger partial charge < -0.3 is 0 Å². The zero-order valence-electron chi connectivity index (χ0n) is 16.0. The molecule has 1 fully saturated rings. The van der Waals surface area contributed by atoms with Gasteiger partial charge >= 0.3 is 179 Å². The molecule has 2 aromatic rings. The molecule has 1 saturated heterocycles. The Balaban J connectivity index is 1.84. The second-order valence-corrected chi connectivity index (χ2v) is 8.59. The van der Waals surface area contributed by atoms with Crippen LogP contribution in [0.15, 0.2) is 53.5 Å². The number of carbonyl (C=O) groups is 4. The van der Waals surface area contributed by atoms with Gasteiger partial charge in [0.2, 0.25) is 0 Å². The first kappa shape index (κ1) is 21.4. The van der Waals surface area contributed by atoms with E-state index in [9.17, 15) is 19.2 Å². The van der Waals surface area contributed by atoms with Crippen LogP contribution in [-0.2, 0) is 16.0 Å². The maximum absolute atomic E-state index is 13.0. The molecule has 30 heavy (non-hydrogen) atoms. The Morgan fingerprint density at radius 3 is 2.63 bits per heavy atom. The third-order valence-corrected chi connectivity index (χ3v) is 6.13. The summed E-state index contributed by atoms with van der Waals surface area (Å²) < 4.78 is 5.51. The van der Waals surface area contributed by atoms with Crippen LogP contribution >= 0.6 is 0 Å². The second-order valence-electron chi connectivity index (χ2n) is 6.37. The number of carboxylic acids is 1. The summed E-state index contributed by atoms with van der Waals surface area (Å²) in [5.74, 6) is -2.30. The number of benzene rings is 2. The zero-order chi connectivity index (χ0) is 21.7. The van der Waals surface area contributed by atoms with Crippen molar-refractivity contribution in [2.24, 2.45) is 4.99 Å². The second kappa shape index (κ2) is 9.47. The van der Waals surface area contributed by atoms with Gasteiger partial charge in [0.1, 0.15) is 0 Å². The number of ether oxygens (including phenoxy) is 1. The Hall–Kier alpha value is -3.29. The molecule has 0 spiro atoms. The van der Waals surface area contributed by atoms with Gasteiger partial charge in [0, 0.05) is 0 Å². The molecular weight excluding hydrogens is 455 g/mol. The van der Waals surface area contributed by atoms with E-state index in [1.165, 1.54) is 24.0 Å². The minimum atomic E-state index is -0.992. The Morgan fingerprint density at radius 2 is 1.90 bits per heavy atom. The minimum absolute atomic E-state index is 0.154. The SMILES string of the molecule is CC(=O)Oc1ccccc1C(=O)N1CC[Se]C1=NC(=O)c1cccc(CC(=O)O)c1. The van der Waals surface area contributed by atoms with Crippen LogP contribution in [0.5, 0.6) is 5.75 Å². The number of para-hydroxylation sites is 1. The number of amides is 2. The van der Waals surface area contributed by atoms with Crippen molar-refractivity contribution in [3.8, 4) is 5.75 Å². The predicted octanol–water partition coefficient (Wildman–Crippen LogP) is 2.01. The first-order valence-electron chi connectivity index (χ1n) is 9.01. The average molecular weight is 473 g/mol. The molecule has 1 heterocycles. The third kappa shape index (κ3) is 5.19. The van der Waals surface area contributed by atoms with Crippen molar-refractivity contribution in [2.75, 3.05) is 6.54 Å². The topological polar surface area (TPSA) is 113 Å². The van der Waals surface area contributed by atoms with Gasteiger partial charge in [-0.25, -0.2) is 0 Å². The molecule has 0 aliphatic carbocycles. The number of hydrogen-bond donors (Lipinski definition) is 1. The summed E-state index contributed by atoms with van der Waals surface area (Å²) in [6.45, 7) is 1.67. The first-order chi connectivity index (χ1) is 14.3. The van der Waals surface area contributed by atoms with Crippen LogP contribution in [0.25, 0.3) is 0 Å². The van der Waals surface area contributed by atoms with Gasteiger partial charge in [-0.2, -0.15) is 0 Å². The molecule has 0 radical (unpaired) electrons.